The van der Waals surface area contributed by atoms with Crippen LogP contribution in [0.25, 0.3) is 0 Å². The third-order valence-electron chi connectivity index (χ3n) is 3.47. The standard InChI is InChI=1S/C17H17BrClNO3.H2S/c1-23-17(22)12-2-3-13(15(18)8-12)9-20-16(10-21)11-4-6-14(19)7-5-11;/h2-8,16,20-21H,9-10H2,1H3;1H2/t16-;/m1./s1. The molecule has 0 fully saturated rings. The van der Waals surface area contributed by atoms with Gasteiger partial charge in [0.05, 0.1) is 25.3 Å². The Morgan fingerprint density at radius 1 is 1.29 bits per heavy atom. The van der Waals surface area contributed by atoms with Crippen LogP contribution in [-0.2, 0) is 11.3 Å². The molecule has 24 heavy (non-hydrogen) atoms. The van der Waals surface area contributed by atoms with Crippen LogP contribution in [0.15, 0.2) is 46.9 Å². The van der Waals surface area contributed by atoms with Gasteiger partial charge in [-0.3, -0.25) is 0 Å². The fraction of sp³-hybridized carbons (Fsp3) is 0.235. The van der Waals surface area contributed by atoms with Crippen LogP contribution in [0.4, 0.5) is 0 Å². The lowest BCUT2D eigenvalue weighted by atomic mass is 10.1. The number of rotatable bonds is 6. The van der Waals surface area contributed by atoms with E-state index < -0.39 is 0 Å². The van der Waals surface area contributed by atoms with Crippen molar-refractivity contribution in [2.24, 2.45) is 0 Å². The number of benzene rings is 2. The molecule has 2 aromatic rings. The number of hydrogen-bond donors (Lipinski definition) is 2. The fourth-order valence-corrected chi connectivity index (χ4v) is 2.80. The smallest absolute Gasteiger partial charge is 0.337 e. The first-order chi connectivity index (χ1) is 11.0. The van der Waals surface area contributed by atoms with Gasteiger partial charge in [0.15, 0.2) is 0 Å². The summed E-state index contributed by atoms with van der Waals surface area (Å²) in [5.41, 5.74) is 2.42. The SMILES string of the molecule is COC(=O)c1ccc(CN[C@H](CO)c2ccc(Cl)cc2)c(Br)c1.S. The maximum absolute atomic E-state index is 11.5. The molecular weight excluding hydrogens is 414 g/mol. The highest BCUT2D eigenvalue weighted by molar-refractivity contribution is 9.10. The van der Waals surface area contributed by atoms with Gasteiger partial charge in [-0.2, -0.15) is 13.5 Å². The highest BCUT2D eigenvalue weighted by Gasteiger charge is 2.12. The van der Waals surface area contributed by atoms with E-state index in [2.05, 4.69) is 21.2 Å². The van der Waals surface area contributed by atoms with Crippen molar-refractivity contribution in [1.29, 1.82) is 0 Å². The second-order valence-electron chi connectivity index (χ2n) is 4.97. The number of methoxy groups -OCH3 is 1. The molecule has 0 aromatic heterocycles. The number of ether oxygens (including phenoxy) is 1. The van der Waals surface area contributed by atoms with Crippen molar-refractivity contribution in [3.05, 3.63) is 68.7 Å². The molecule has 0 aliphatic carbocycles. The summed E-state index contributed by atoms with van der Waals surface area (Å²) in [7, 11) is 1.35. The van der Waals surface area contributed by atoms with Crippen molar-refractivity contribution < 1.29 is 14.6 Å². The Morgan fingerprint density at radius 3 is 2.50 bits per heavy atom. The van der Waals surface area contributed by atoms with Gasteiger partial charge < -0.3 is 15.2 Å². The second kappa shape index (κ2) is 10.1. The molecule has 0 radical (unpaired) electrons. The molecule has 0 aliphatic rings. The highest BCUT2D eigenvalue weighted by atomic mass is 79.9. The minimum Gasteiger partial charge on any atom is -0.465 e. The Labute approximate surface area is 161 Å². The van der Waals surface area contributed by atoms with Gasteiger partial charge in [-0.25, -0.2) is 4.79 Å². The van der Waals surface area contributed by atoms with E-state index in [4.69, 9.17) is 16.3 Å². The predicted molar refractivity (Wildman–Crippen MR) is 104 cm³/mol. The summed E-state index contributed by atoms with van der Waals surface area (Å²) in [4.78, 5) is 11.5. The topological polar surface area (TPSA) is 58.6 Å². The minimum absolute atomic E-state index is 0. The van der Waals surface area contributed by atoms with Gasteiger partial charge in [0.1, 0.15) is 0 Å². The first-order valence-corrected chi connectivity index (χ1v) is 8.18. The maximum Gasteiger partial charge on any atom is 0.337 e. The zero-order chi connectivity index (χ0) is 16.8. The molecule has 1 atom stereocenters. The van der Waals surface area contributed by atoms with Crippen LogP contribution in [0.5, 0.6) is 0 Å². The van der Waals surface area contributed by atoms with E-state index in [0.29, 0.717) is 17.1 Å². The quantitative estimate of drug-likeness (QED) is 0.681. The average molecular weight is 433 g/mol. The molecule has 0 saturated heterocycles. The molecular formula is C17H19BrClNO3S. The number of carbonyl (C=O) groups excluding carboxylic acids is 1. The molecule has 0 saturated carbocycles. The summed E-state index contributed by atoms with van der Waals surface area (Å²) in [6.07, 6.45) is 0. The van der Waals surface area contributed by atoms with Crippen LogP contribution >= 0.6 is 41.0 Å². The molecule has 0 amide bonds. The molecule has 4 nitrogen and oxygen atoms in total. The van der Waals surface area contributed by atoms with E-state index in [1.54, 1.807) is 24.3 Å². The number of nitrogens with one attached hydrogen (secondary N) is 1. The number of halogens is 2. The Morgan fingerprint density at radius 2 is 1.96 bits per heavy atom. The summed E-state index contributed by atoms with van der Waals surface area (Å²) >= 11 is 9.33. The number of aliphatic hydroxyl groups excluding tert-OH is 1. The maximum atomic E-state index is 11.5. The molecule has 0 heterocycles. The highest BCUT2D eigenvalue weighted by Crippen LogP contribution is 2.21. The normalized spacial score (nSPS) is 11.5. The molecule has 2 aromatic carbocycles. The van der Waals surface area contributed by atoms with Gasteiger partial charge in [-0.05, 0) is 35.4 Å². The Balaban J connectivity index is 0.00000288. The van der Waals surface area contributed by atoms with Crippen molar-refractivity contribution in [3.63, 3.8) is 0 Å². The summed E-state index contributed by atoms with van der Waals surface area (Å²) in [6, 6.07) is 12.4. The van der Waals surface area contributed by atoms with Gasteiger partial charge >= 0.3 is 5.97 Å². The van der Waals surface area contributed by atoms with E-state index in [9.17, 15) is 9.90 Å². The van der Waals surface area contributed by atoms with Crippen molar-refractivity contribution in [1.82, 2.24) is 5.32 Å². The lowest BCUT2D eigenvalue weighted by molar-refractivity contribution is 0.0600. The predicted octanol–water partition coefficient (Wildman–Crippen LogP) is 3.83. The van der Waals surface area contributed by atoms with Crippen LogP contribution in [0.2, 0.25) is 5.02 Å². The summed E-state index contributed by atoms with van der Waals surface area (Å²) in [6.45, 7) is 0.509. The molecule has 0 unspecified atom stereocenters. The van der Waals surface area contributed by atoms with Crippen molar-refractivity contribution in [2.75, 3.05) is 13.7 Å². The van der Waals surface area contributed by atoms with Crippen LogP contribution in [0.1, 0.15) is 27.5 Å². The van der Waals surface area contributed by atoms with Crippen LogP contribution in [0, 0.1) is 0 Å². The number of carbonyl (C=O) groups is 1. The Bertz CT molecular complexity index is 682. The van der Waals surface area contributed by atoms with Crippen molar-refractivity contribution in [3.8, 4) is 0 Å². The van der Waals surface area contributed by atoms with Crippen molar-refractivity contribution >= 4 is 47.0 Å². The van der Waals surface area contributed by atoms with E-state index in [1.165, 1.54) is 7.11 Å². The molecule has 2 rings (SSSR count). The van der Waals surface area contributed by atoms with Crippen LogP contribution in [-0.4, -0.2) is 24.8 Å². The van der Waals surface area contributed by atoms with Crippen LogP contribution < -0.4 is 5.32 Å². The Kier molecular flexibility index (Phi) is 8.80. The van der Waals surface area contributed by atoms with E-state index in [-0.39, 0.29) is 32.1 Å². The monoisotopic (exact) mass is 431 g/mol. The first kappa shape index (κ1) is 21.0. The average Bonchev–Trinajstić information content (AvgIpc) is 2.57. The molecule has 7 heteroatoms. The summed E-state index contributed by atoms with van der Waals surface area (Å²) < 4.78 is 5.50. The van der Waals surface area contributed by atoms with E-state index in [1.807, 2.05) is 18.2 Å². The van der Waals surface area contributed by atoms with E-state index >= 15 is 0 Å². The zero-order valence-corrected chi connectivity index (χ0v) is 16.4. The van der Waals surface area contributed by atoms with Crippen LogP contribution in [0.3, 0.4) is 0 Å². The van der Waals surface area contributed by atoms with Gasteiger partial charge in [-0.15, -0.1) is 0 Å². The van der Waals surface area contributed by atoms with Gasteiger partial charge in [0.25, 0.3) is 0 Å². The second-order valence-corrected chi connectivity index (χ2v) is 6.26. The van der Waals surface area contributed by atoms with Gasteiger partial charge in [-0.1, -0.05) is 45.7 Å². The number of hydrogen-bond acceptors (Lipinski definition) is 4. The molecule has 0 spiro atoms. The largest absolute Gasteiger partial charge is 0.465 e. The third-order valence-corrected chi connectivity index (χ3v) is 4.46. The lowest BCUT2D eigenvalue weighted by Gasteiger charge is -2.17. The van der Waals surface area contributed by atoms with Gasteiger partial charge in [0, 0.05) is 16.0 Å². The van der Waals surface area contributed by atoms with Crippen molar-refractivity contribution in [2.45, 2.75) is 12.6 Å². The van der Waals surface area contributed by atoms with E-state index in [0.717, 1.165) is 15.6 Å². The van der Waals surface area contributed by atoms with Gasteiger partial charge in [0.2, 0.25) is 0 Å². The summed E-state index contributed by atoms with van der Waals surface area (Å²) in [5, 5.41) is 13.5. The summed E-state index contributed by atoms with van der Waals surface area (Å²) in [5.74, 6) is -0.375. The third kappa shape index (κ3) is 5.50. The molecule has 0 aliphatic heterocycles. The molecule has 2 N–H and O–H groups in total. The number of aliphatic hydroxyl groups is 1. The minimum atomic E-state index is -0.375. The lowest BCUT2D eigenvalue weighted by Crippen LogP contribution is -2.24. The fourth-order valence-electron chi connectivity index (χ4n) is 2.15. The molecule has 130 valence electrons. The Hall–Kier alpha value is -1.05. The first-order valence-electron chi connectivity index (χ1n) is 7.01. The number of esters is 1. The molecule has 0 bridgehead atoms. The zero-order valence-electron chi connectivity index (χ0n) is 13.1.